The summed E-state index contributed by atoms with van der Waals surface area (Å²) in [6.45, 7) is 0.341. The van der Waals surface area contributed by atoms with Crippen molar-refractivity contribution in [2.45, 2.75) is 37.7 Å². The van der Waals surface area contributed by atoms with Crippen LogP contribution in [-0.4, -0.2) is 28.1 Å². The average Bonchev–Trinajstić information content (AvgIpc) is 2.38. The van der Waals surface area contributed by atoms with Gasteiger partial charge in [-0.1, -0.05) is 19.3 Å². The number of nitrogens with one attached hydrogen (secondary N) is 1. The van der Waals surface area contributed by atoms with Gasteiger partial charge in [0.1, 0.15) is 0 Å². The van der Waals surface area contributed by atoms with E-state index in [1.807, 2.05) is 0 Å². The number of hydrogen-bond acceptors (Lipinski definition) is 3. The van der Waals surface area contributed by atoms with E-state index in [9.17, 15) is 9.90 Å². The van der Waals surface area contributed by atoms with E-state index in [1.54, 1.807) is 24.5 Å². The van der Waals surface area contributed by atoms with Gasteiger partial charge in [-0.15, -0.1) is 0 Å². The summed E-state index contributed by atoms with van der Waals surface area (Å²) in [6, 6.07) is 3.33. The molecule has 4 heteroatoms. The Morgan fingerprint density at radius 2 is 1.94 bits per heavy atom. The molecular weight excluding hydrogens is 216 g/mol. The molecule has 17 heavy (non-hydrogen) atoms. The molecule has 0 spiro atoms. The largest absolute Gasteiger partial charge is 0.388 e. The second-order valence-electron chi connectivity index (χ2n) is 4.70. The van der Waals surface area contributed by atoms with Gasteiger partial charge in [-0.2, -0.15) is 0 Å². The van der Waals surface area contributed by atoms with Crippen molar-refractivity contribution in [3.05, 3.63) is 30.1 Å². The van der Waals surface area contributed by atoms with Crippen LogP contribution in [0.15, 0.2) is 24.5 Å². The predicted molar refractivity (Wildman–Crippen MR) is 64.6 cm³/mol. The fourth-order valence-electron chi connectivity index (χ4n) is 2.24. The first-order valence-electron chi connectivity index (χ1n) is 6.10. The third-order valence-electron chi connectivity index (χ3n) is 3.30. The van der Waals surface area contributed by atoms with Crippen molar-refractivity contribution in [2.75, 3.05) is 6.54 Å². The molecule has 1 heterocycles. The van der Waals surface area contributed by atoms with Crippen LogP contribution >= 0.6 is 0 Å². The second kappa shape index (κ2) is 5.27. The number of aliphatic hydroxyl groups is 1. The third-order valence-corrected chi connectivity index (χ3v) is 3.30. The van der Waals surface area contributed by atoms with Gasteiger partial charge < -0.3 is 10.4 Å². The zero-order valence-electron chi connectivity index (χ0n) is 9.85. The van der Waals surface area contributed by atoms with Crippen molar-refractivity contribution >= 4 is 5.91 Å². The quantitative estimate of drug-likeness (QED) is 0.833. The topological polar surface area (TPSA) is 62.2 Å². The van der Waals surface area contributed by atoms with Crippen LogP contribution in [-0.2, 0) is 0 Å². The van der Waals surface area contributed by atoms with Crippen LogP contribution in [0.1, 0.15) is 42.5 Å². The van der Waals surface area contributed by atoms with Gasteiger partial charge in [0, 0.05) is 24.5 Å². The molecule has 1 saturated carbocycles. The van der Waals surface area contributed by atoms with E-state index < -0.39 is 5.60 Å². The van der Waals surface area contributed by atoms with Gasteiger partial charge in [-0.05, 0) is 25.0 Å². The van der Waals surface area contributed by atoms with Crippen LogP contribution in [0.4, 0.5) is 0 Å². The minimum atomic E-state index is -0.707. The summed E-state index contributed by atoms with van der Waals surface area (Å²) in [5.74, 6) is -0.147. The fraction of sp³-hybridized carbons (Fsp3) is 0.538. The molecule has 0 saturated heterocycles. The zero-order valence-corrected chi connectivity index (χ0v) is 9.85. The van der Waals surface area contributed by atoms with E-state index in [0.717, 1.165) is 25.7 Å². The van der Waals surface area contributed by atoms with E-state index in [4.69, 9.17) is 0 Å². The summed E-state index contributed by atoms with van der Waals surface area (Å²) in [7, 11) is 0. The molecule has 1 aliphatic carbocycles. The highest BCUT2D eigenvalue weighted by Gasteiger charge is 2.29. The number of nitrogens with zero attached hydrogens (tertiary/aromatic N) is 1. The Balaban J connectivity index is 1.87. The summed E-state index contributed by atoms with van der Waals surface area (Å²) in [4.78, 5) is 15.6. The monoisotopic (exact) mass is 234 g/mol. The normalized spacial score (nSPS) is 18.6. The maximum Gasteiger partial charge on any atom is 0.251 e. The summed E-state index contributed by atoms with van der Waals surface area (Å²) in [5, 5.41) is 13.0. The number of carbonyl (C=O) groups excluding carboxylic acids is 1. The van der Waals surface area contributed by atoms with E-state index in [0.29, 0.717) is 12.1 Å². The van der Waals surface area contributed by atoms with Gasteiger partial charge in [-0.3, -0.25) is 9.78 Å². The first-order chi connectivity index (χ1) is 8.20. The molecule has 4 nitrogen and oxygen atoms in total. The Morgan fingerprint density at radius 3 is 2.59 bits per heavy atom. The van der Waals surface area contributed by atoms with Crippen molar-refractivity contribution in [2.24, 2.45) is 0 Å². The van der Waals surface area contributed by atoms with Crippen LogP contribution in [0.25, 0.3) is 0 Å². The van der Waals surface area contributed by atoms with Crippen molar-refractivity contribution in [3.63, 3.8) is 0 Å². The van der Waals surface area contributed by atoms with Gasteiger partial charge in [-0.25, -0.2) is 0 Å². The maximum atomic E-state index is 11.8. The molecule has 0 radical (unpaired) electrons. The molecule has 1 aromatic heterocycles. The summed E-state index contributed by atoms with van der Waals surface area (Å²) < 4.78 is 0. The molecular formula is C13H18N2O2. The van der Waals surface area contributed by atoms with E-state index in [2.05, 4.69) is 10.3 Å². The standard InChI is InChI=1S/C13H18N2O2/c16-12(11-4-8-14-9-5-11)15-10-13(17)6-2-1-3-7-13/h4-5,8-9,17H,1-3,6-7,10H2,(H,15,16). The molecule has 2 rings (SSSR count). The molecule has 0 aromatic carbocycles. The maximum absolute atomic E-state index is 11.8. The van der Waals surface area contributed by atoms with Crippen molar-refractivity contribution in [1.29, 1.82) is 0 Å². The Labute approximate surface area is 101 Å². The Bertz CT molecular complexity index is 372. The van der Waals surface area contributed by atoms with Crippen LogP contribution in [0.3, 0.4) is 0 Å². The second-order valence-corrected chi connectivity index (χ2v) is 4.70. The Morgan fingerprint density at radius 1 is 1.29 bits per heavy atom. The van der Waals surface area contributed by atoms with Crippen LogP contribution in [0.2, 0.25) is 0 Å². The lowest BCUT2D eigenvalue weighted by Gasteiger charge is -2.32. The SMILES string of the molecule is O=C(NCC1(O)CCCCC1)c1ccncc1. The van der Waals surface area contributed by atoms with Gasteiger partial charge in [0.2, 0.25) is 0 Å². The molecule has 0 aliphatic heterocycles. The van der Waals surface area contributed by atoms with Crippen molar-refractivity contribution < 1.29 is 9.90 Å². The van der Waals surface area contributed by atoms with Crippen LogP contribution in [0, 0.1) is 0 Å². The summed E-state index contributed by atoms with van der Waals surface area (Å²) >= 11 is 0. The third kappa shape index (κ3) is 3.27. The van der Waals surface area contributed by atoms with Crippen LogP contribution in [0.5, 0.6) is 0 Å². The molecule has 1 fully saturated rings. The number of carbonyl (C=O) groups is 1. The highest BCUT2D eigenvalue weighted by Crippen LogP contribution is 2.27. The lowest BCUT2D eigenvalue weighted by Crippen LogP contribution is -2.44. The van der Waals surface area contributed by atoms with Gasteiger partial charge in [0.05, 0.1) is 5.60 Å². The molecule has 2 N–H and O–H groups in total. The van der Waals surface area contributed by atoms with E-state index in [1.165, 1.54) is 6.42 Å². The summed E-state index contributed by atoms with van der Waals surface area (Å²) in [6.07, 6.45) is 8.01. The first-order valence-corrected chi connectivity index (χ1v) is 6.10. The van der Waals surface area contributed by atoms with Gasteiger partial charge >= 0.3 is 0 Å². The Kier molecular flexibility index (Phi) is 3.74. The minimum absolute atomic E-state index is 0.147. The van der Waals surface area contributed by atoms with Crippen LogP contribution < -0.4 is 5.32 Å². The van der Waals surface area contributed by atoms with Gasteiger partial charge in [0.15, 0.2) is 0 Å². The van der Waals surface area contributed by atoms with Crippen molar-refractivity contribution in [1.82, 2.24) is 10.3 Å². The highest BCUT2D eigenvalue weighted by molar-refractivity contribution is 5.93. The minimum Gasteiger partial charge on any atom is -0.388 e. The molecule has 0 unspecified atom stereocenters. The summed E-state index contributed by atoms with van der Waals surface area (Å²) in [5.41, 5.74) is -0.125. The fourth-order valence-corrected chi connectivity index (χ4v) is 2.24. The number of pyridine rings is 1. The lowest BCUT2D eigenvalue weighted by atomic mass is 9.85. The van der Waals surface area contributed by atoms with E-state index in [-0.39, 0.29) is 5.91 Å². The van der Waals surface area contributed by atoms with E-state index >= 15 is 0 Å². The molecule has 1 amide bonds. The first kappa shape index (κ1) is 12.0. The number of hydrogen-bond donors (Lipinski definition) is 2. The number of aromatic nitrogens is 1. The zero-order chi connectivity index (χ0) is 12.1. The molecule has 1 aromatic rings. The highest BCUT2D eigenvalue weighted by atomic mass is 16.3. The predicted octanol–water partition coefficient (Wildman–Crippen LogP) is 1.51. The average molecular weight is 234 g/mol. The van der Waals surface area contributed by atoms with Crippen molar-refractivity contribution in [3.8, 4) is 0 Å². The molecule has 1 aliphatic rings. The smallest absolute Gasteiger partial charge is 0.251 e. The lowest BCUT2D eigenvalue weighted by molar-refractivity contribution is 0.00525. The van der Waals surface area contributed by atoms with Gasteiger partial charge in [0.25, 0.3) is 5.91 Å². The molecule has 0 atom stereocenters. The number of amides is 1. The number of rotatable bonds is 3. The Hall–Kier alpha value is -1.42. The molecule has 0 bridgehead atoms. The molecule has 92 valence electrons.